The lowest BCUT2D eigenvalue weighted by atomic mass is 10.3. The quantitative estimate of drug-likeness (QED) is 0.512. The van der Waals surface area contributed by atoms with Gasteiger partial charge in [-0.05, 0) is 26.1 Å². The second-order valence-corrected chi connectivity index (χ2v) is 3.82. The highest BCUT2D eigenvalue weighted by Gasteiger charge is 2.01. The Morgan fingerprint density at radius 3 is 2.59 bits per heavy atom. The normalized spacial score (nSPS) is 10.8. The minimum absolute atomic E-state index is 0.00545. The van der Waals surface area contributed by atoms with Gasteiger partial charge in [-0.2, -0.15) is 0 Å². The zero-order valence-corrected chi connectivity index (χ0v) is 11.1. The largest absolute Gasteiger partial charge is 0.394 e. The lowest BCUT2D eigenvalue weighted by Gasteiger charge is -2.17. The molecule has 0 aliphatic carbocycles. The molecular weight excluding hydrogens is 220 g/mol. The Labute approximate surface area is 104 Å². The highest BCUT2D eigenvalue weighted by molar-refractivity contribution is 5.75. The fourth-order valence-corrected chi connectivity index (χ4v) is 1.49. The minimum atomic E-state index is 0.00545. The molecule has 0 saturated carbocycles. The zero-order chi connectivity index (χ0) is 12.9. The van der Waals surface area contributed by atoms with E-state index < -0.39 is 0 Å². The summed E-state index contributed by atoms with van der Waals surface area (Å²) in [6, 6.07) is 0. The number of hydrogen-bond donors (Lipinski definition) is 2. The number of amides is 1. The zero-order valence-electron chi connectivity index (χ0n) is 11.1. The molecule has 0 spiro atoms. The average molecular weight is 246 g/mol. The van der Waals surface area contributed by atoms with Gasteiger partial charge >= 0.3 is 0 Å². The number of rotatable bonds is 11. The lowest BCUT2D eigenvalue weighted by molar-refractivity contribution is -0.122. The van der Waals surface area contributed by atoms with Crippen LogP contribution < -0.4 is 5.32 Å². The summed E-state index contributed by atoms with van der Waals surface area (Å²) in [4.78, 5) is 13.7. The molecular formula is C12H26N2O3. The Balaban J connectivity index is 3.32. The molecule has 0 fully saturated rings. The maximum atomic E-state index is 11.3. The van der Waals surface area contributed by atoms with Gasteiger partial charge in [-0.25, -0.2) is 0 Å². The monoisotopic (exact) mass is 246 g/mol. The van der Waals surface area contributed by atoms with Crippen LogP contribution in [0, 0.1) is 0 Å². The lowest BCUT2D eigenvalue weighted by Crippen LogP contribution is -2.30. The molecule has 0 rings (SSSR count). The van der Waals surface area contributed by atoms with Crippen LogP contribution in [0.1, 0.15) is 26.7 Å². The summed E-state index contributed by atoms with van der Waals surface area (Å²) in [5.74, 6) is 0.0162. The van der Waals surface area contributed by atoms with Gasteiger partial charge in [0.05, 0.1) is 19.8 Å². The Morgan fingerprint density at radius 2 is 2.00 bits per heavy atom. The number of aliphatic hydroxyl groups excluding tert-OH is 1. The van der Waals surface area contributed by atoms with Crippen molar-refractivity contribution in [2.24, 2.45) is 0 Å². The van der Waals surface area contributed by atoms with E-state index in [4.69, 9.17) is 9.84 Å². The Morgan fingerprint density at radius 1 is 1.29 bits per heavy atom. The van der Waals surface area contributed by atoms with Crippen molar-refractivity contribution in [3.8, 4) is 0 Å². The van der Waals surface area contributed by atoms with Crippen LogP contribution in [-0.4, -0.2) is 61.9 Å². The van der Waals surface area contributed by atoms with E-state index in [1.54, 1.807) is 0 Å². The minimum Gasteiger partial charge on any atom is -0.394 e. The van der Waals surface area contributed by atoms with Crippen LogP contribution in [-0.2, 0) is 9.53 Å². The van der Waals surface area contributed by atoms with E-state index in [1.165, 1.54) is 0 Å². The van der Waals surface area contributed by atoms with Gasteiger partial charge in [0.2, 0.25) is 5.91 Å². The van der Waals surface area contributed by atoms with Crippen molar-refractivity contribution in [2.75, 3.05) is 46.0 Å². The molecule has 0 aromatic heterocycles. The van der Waals surface area contributed by atoms with Gasteiger partial charge in [-0.3, -0.25) is 4.79 Å². The van der Waals surface area contributed by atoms with Crippen molar-refractivity contribution in [1.82, 2.24) is 10.2 Å². The van der Waals surface area contributed by atoms with Crippen LogP contribution in [0.5, 0.6) is 0 Å². The fourth-order valence-electron chi connectivity index (χ4n) is 1.49. The van der Waals surface area contributed by atoms with Gasteiger partial charge in [0.25, 0.3) is 0 Å². The third-order valence-electron chi connectivity index (χ3n) is 2.58. The molecule has 0 aliphatic rings. The molecule has 0 bridgehead atoms. The van der Waals surface area contributed by atoms with Crippen molar-refractivity contribution in [2.45, 2.75) is 26.7 Å². The molecule has 17 heavy (non-hydrogen) atoms. The first-order valence-corrected chi connectivity index (χ1v) is 6.42. The van der Waals surface area contributed by atoms with E-state index >= 15 is 0 Å². The summed E-state index contributed by atoms with van der Waals surface area (Å²) >= 11 is 0. The number of hydrogen-bond acceptors (Lipinski definition) is 4. The van der Waals surface area contributed by atoms with E-state index in [1.807, 2.05) is 0 Å². The molecule has 0 aromatic rings. The van der Waals surface area contributed by atoms with E-state index in [-0.39, 0.29) is 12.5 Å². The number of aliphatic hydroxyl groups is 1. The molecule has 1 amide bonds. The van der Waals surface area contributed by atoms with Crippen molar-refractivity contribution in [3.63, 3.8) is 0 Å². The number of carbonyl (C=O) groups excluding carboxylic acids is 1. The molecule has 2 N–H and O–H groups in total. The van der Waals surface area contributed by atoms with Gasteiger partial charge < -0.3 is 20.1 Å². The van der Waals surface area contributed by atoms with Crippen molar-refractivity contribution < 1.29 is 14.6 Å². The second kappa shape index (κ2) is 11.8. The first-order chi connectivity index (χ1) is 8.24. The first kappa shape index (κ1) is 16.4. The third-order valence-corrected chi connectivity index (χ3v) is 2.58. The second-order valence-electron chi connectivity index (χ2n) is 3.82. The summed E-state index contributed by atoms with van der Waals surface area (Å²) in [5.41, 5.74) is 0. The van der Waals surface area contributed by atoms with Gasteiger partial charge in [0.1, 0.15) is 0 Å². The van der Waals surface area contributed by atoms with E-state index in [0.717, 1.165) is 32.6 Å². The van der Waals surface area contributed by atoms with Crippen molar-refractivity contribution in [1.29, 1.82) is 0 Å². The fraction of sp³-hybridized carbons (Fsp3) is 0.917. The maximum Gasteiger partial charge on any atom is 0.222 e. The Kier molecular flexibility index (Phi) is 11.4. The van der Waals surface area contributed by atoms with Crippen LogP contribution in [0.3, 0.4) is 0 Å². The molecule has 0 unspecified atom stereocenters. The average Bonchev–Trinajstić information content (AvgIpc) is 2.35. The van der Waals surface area contributed by atoms with Crippen LogP contribution in [0.15, 0.2) is 0 Å². The molecule has 0 radical (unpaired) electrons. The highest BCUT2D eigenvalue weighted by Crippen LogP contribution is 1.90. The van der Waals surface area contributed by atoms with Crippen LogP contribution >= 0.6 is 0 Å². The molecule has 0 aromatic carbocycles. The highest BCUT2D eigenvalue weighted by atomic mass is 16.5. The smallest absolute Gasteiger partial charge is 0.222 e. The summed E-state index contributed by atoms with van der Waals surface area (Å²) in [6.07, 6.45) is 1.34. The topological polar surface area (TPSA) is 61.8 Å². The van der Waals surface area contributed by atoms with Gasteiger partial charge in [-0.1, -0.05) is 13.8 Å². The summed E-state index contributed by atoms with van der Waals surface area (Å²) < 4.78 is 5.01. The molecule has 0 aliphatic heterocycles. The summed E-state index contributed by atoms with van der Waals surface area (Å²) in [7, 11) is 0. The number of nitrogens with zero attached hydrogens (tertiary/aromatic N) is 1. The molecule has 102 valence electrons. The maximum absolute atomic E-state index is 11.3. The van der Waals surface area contributed by atoms with E-state index in [2.05, 4.69) is 24.1 Å². The van der Waals surface area contributed by atoms with Gasteiger partial charge in [0, 0.05) is 13.0 Å². The van der Waals surface area contributed by atoms with Crippen LogP contribution in [0.2, 0.25) is 0 Å². The predicted octanol–water partition coefficient (Wildman–Crippen LogP) is 0.234. The summed E-state index contributed by atoms with van der Waals surface area (Å²) in [6.45, 7) is 8.81. The molecule has 5 nitrogen and oxygen atoms in total. The molecule has 0 saturated heterocycles. The first-order valence-electron chi connectivity index (χ1n) is 6.42. The molecule has 5 heteroatoms. The summed E-state index contributed by atoms with van der Waals surface area (Å²) in [5, 5.41) is 11.3. The van der Waals surface area contributed by atoms with Crippen molar-refractivity contribution >= 4 is 5.91 Å². The third kappa shape index (κ3) is 10.2. The number of ether oxygens (including phenoxy) is 1. The predicted molar refractivity (Wildman–Crippen MR) is 67.9 cm³/mol. The number of nitrogens with one attached hydrogen (secondary N) is 1. The Bertz CT molecular complexity index is 185. The van der Waals surface area contributed by atoms with Crippen LogP contribution in [0.4, 0.5) is 0 Å². The van der Waals surface area contributed by atoms with E-state index in [9.17, 15) is 4.79 Å². The Hall–Kier alpha value is -0.650. The number of carbonyl (C=O) groups is 1. The van der Waals surface area contributed by atoms with E-state index in [0.29, 0.717) is 19.6 Å². The van der Waals surface area contributed by atoms with Gasteiger partial charge in [-0.15, -0.1) is 0 Å². The standard InChI is InChI=1S/C12H26N2O3/c1-3-14(4-2)8-5-7-13-12(16)6-10-17-11-9-15/h15H,3-11H2,1-2H3,(H,13,16). The SMILES string of the molecule is CCN(CC)CCCNC(=O)CCOCCO. The van der Waals surface area contributed by atoms with Crippen molar-refractivity contribution in [3.05, 3.63) is 0 Å². The van der Waals surface area contributed by atoms with Crippen LogP contribution in [0.25, 0.3) is 0 Å². The molecule has 0 heterocycles. The molecule has 0 atom stereocenters. The van der Waals surface area contributed by atoms with Gasteiger partial charge in [0.15, 0.2) is 0 Å².